The van der Waals surface area contributed by atoms with Gasteiger partial charge in [-0.25, -0.2) is 4.39 Å². The topological polar surface area (TPSA) is 69.6 Å². The highest BCUT2D eigenvalue weighted by molar-refractivity contribution is 5.92. The first-order valence-electron chi connectivity index (χ1n) is 7.82. The third kappa shape index (κ3) is 3.51. The second kappa shape index (κ2) is 7.26. The number of pyridine rings is 1. The van der Waals surface area contributed by atoms with Crippen LogP contribution < -0.4 is 20.2 Å². The van der Waals surface area contributed by atoms with E-state index in [1.165, 1.54) is 44.7 Å². The van der Waals surface area contributed by atoms with Gasteiger partial charge in [-0.05, 0) is 30.3 Å². The molecule has 0 aliphatic heterocycles. The summed E-state index contributed by atoms with van der Waals surface area (Å²) in [6.07, 6.45) is 1.51. The van der Waals surface area contributed by atoms with Crippen LogP contribution in [0.15, 0.2) is 53.5 Å². The van der Waals surface area contributed by atoms with Crippen molar-refractivity contribution in [3.63, 3.8) is 0 Å². The van der Waals surface area contributed by atoms with E-state index in [1.54, 1.807) is 22.8 Å². The van der Waals surface area contributed by atoms with E-state index in [2.05, 4.69) is 5.32 Å². The Labute approximate surface area is 148 Å². The molecule has 0 fully saturated rings. The fourth-order valence-electron chi connectivity index (χ4n) is 2.69. The van der Waals surface area contributed by atoms with Crippen molar-refractivity contribution in [3.05, 3.63) is 64.7 Å². The first kappa shape index (κ1) is 17.5. The molecule has 1 amide bonds. The summed E-state index contributed by atoms with van der Waals surface area (Å²) in [5.74, 6) is 0.252. The highest BCUT2D eigenvalue weighted by Crippen LogP contribution is 2.29. The number of rotatable bonds is 5. The van der Waals surface area contributed by atoms with Crippen molar-refractivity contribution in [2.45, 2.75) is 6.54 Å². The van der Waals surface area contributed by atoms with Crippen molar-refractivity contribution in [2.75, 3.05) is 19.5 Å². The summed E-state index contributed by atoms with van der Waals surface area (Å²) in [4.78, 5) is 24.3. The minimum atomic E-state index is -0.498. The van der Waals surface area contributed by atoms with E-state index in [0.717, 1.165) is 0 Å². The number of carbonyl (C=O) groups is 1. The van der Waals surface area contributed by atoms with Crippen LogP contribution >= 0.6 is 0 Å². The van der Waals surface area contributed by atoms with Crippen molar-refractivity contribution in [3.8, 4) is 11.5 Å². The van der Waals surface area contributed by atoms with Crippen LogP contribution in [0.4, 0.5) is 10.1 Å². The number of anilines is 1. The number of nitrogens with one attached hydrogen (secondary N) is 1. The molecule has 1 N–H and O–H groups in total. The normalized spacial score (nSPS) is 10.6. The second-order valence-corrected chi connectivity index (χ2v) is 5.59. The number of halogens is 1. The maximum absolute atomic E-state index is 13.4. The van der Waals surface area contributed by atoms with Gasteiger partial charge in [-0.1, -0.05) is 0 Å². The van der Waals surface area contributed by atoms with Gasteiger partial charge in [-0.3, -0.25) is 9.59 Å². The van der Waals surface area contributed by atoms with Crippen molar-refractivity contribution in [1.82, 2.24) is 4.57 Å². The van der Waals surface area contributed by atoms with Gasteiger partial charge in [0.1, 0.15) is 12.4 Å². The average molecular weight is 356 g/mol. The van der Waals surface area contributed by atoms with Crippen LogP contribution in [0.1, 0.15) is 0 Å². The zero-order valence-corrected chi connectivity index (χ0v) is 14.3. The predicted octanol–water partition coefficient (Wildman–Crippen LogP) is 2.80. The number of amides is 1. The lowest BCUT2D eigenvalue weighted by Gasteiger charge is -2.13. The minimum absolute atomic E-state index is 0.0310. The van der Waals surface area contributed by atoms with Crippen LogP contribution in [0.3, 0.4) is 0 Å². The molecule has 0 aliphatic carbocycles. The molecule has 0 spiro atoms. The second-order valence-electron chi connectivity index (χ2n) is 5.59. The van der Waals surface area contributed by atoms with E-state index in [-0.39, 0.29) is 23.3 Å². The highest BCUT2D eigenvalue weighted by atomic mass is 19.1. The van der Waals surface area contributed by atoms with E-state index >= 15 is 0 Å². The summed E-state index contributed by atoms with van der Waals surface area (Å²) in [6.45, 7) is -0.0310. The fourth-order valence-corrected chi connectivity index (χ4v) is 2.69. The van der Waals surface area contributed by atoms with Crippen LogP contribution in [0, 0.1) is 5.82 Å². The van der Waals surface area contributed by atoms with Crippen LogP contribution in [0.25, 0.3) is 10.9 Å². The number of nitrogens with zero attached hydrogens (tertiary/aromatic N) is 1. The summed E-state index contributed by atoms with van der Waals surface area (Å²) in [5.41, 5.74) is 0.737. The number of aromatic nitrogens is 1. The van der Waals surface area contributed by atoms with Gasteiger partial charge >= 0.3 is 0 Å². The molecule has 0 saturated heterocycles. The molecule has 26 heavy (non-hydrogen) atoms. The first-order chi connectivity index (χ1) is 12.5. The number of methoxy groups -OCH3 is 2. The molecule has 0 atom stereocenters. The average Bonchev–Trinajstić information content (AvgIpc) is 2.64. The van der Waals surface area contributed by atoms with Gasteiger partial charge in [0.25, 0.3) is 0 Å². The van der Waals surface area contributed by atoms with E-state index in [1.807, 2.05) is 0 Å². The zero-order valence-electron chi connectivity index (χ0n) is 14.3. The molecular weight excluding hydrogens is 339 g/mol. The Hall–Kier alpha value is -3.35. The molecule has 0 aliphatic rings. The molecule has 3 rings (SSSR count). The van der Waals surface area contributed by atoms with Crippen LogP contribution in [-0.2, 0) is 11.3 Å². The van der Waals surface area contributed by atoms with E-state index in [9.17, 15) is 14.0 Å². The van der Waals surface area contributed by atoms with E-state index < -0.39 is 5.82 Å². The number of hydrogen-bond donors (Lipinski definition) is 1. The van der Waals surface area contributed by atoms with Crippen molar-refractivity contribution in [2.24, 2.45) is 0 Å². The Morgan fingerprint density at radius 1 is 1.08 bits per heavy atom. The van der Waals surface area contributed by atoms with E-state index in [0.29, 0.717) is 22.7 Å². The fraction of sp³-hybridized carbons (Fsp3) is 0.158. The van der Waals surface area contributed by atoms with Crippen molar-refractivity contribution < 1.29 is 18.7 Å². The van der Waals surface area contributed by atoms with Gasteiger partial charge < -0.3 is 19.4 Å². The lowest BCUT2D eigenvalue weighted by atomic mass is 10.2. The van der Waals surface area contributed by atoms with Gasteiger partial charge in [0.15, 0.2) is 16.9 Å². The summed E-state index contributed by atoms with van der Waals surface area (Å²) in [7, 11) is 3.04. The minimum Gasteiger partial charge on any atom is -0.493 e. The Morgan fingerprint density at radius 2 is 1.85 bits per heavy atom. The van der Waals surface area contributed by atoms with Crippen LogP contribution in [-0.4, -0.2) is 24.7 Å². The lowest BCUT2D eigenvalue weighted by molar-refractivity contribution is -0.116. The molecule has 134 valence electrons. The molecule has 3 aromatic rings. The standard InChI is InChI=1S/C19H17FN2O4/c1-25-17-6-4-13(10-18(17)26-2)21-19(24)11-22-8-7-16(23)14-9-12(20)3-5-15(14)22/h3-10H,11H2,1-2H3,(H,21,24). The monoisotopic (exact) mass is 356 g/mol. The lowest BCUT2D eigenvalue weighted by Crippen LogP contribution is -2.20. The smallest absolute Gasteiger partial charge is 0.244 e. The number of benzene rings is 2. The van der Waals surface area contributed by atoms with Crippen molar-refractivity contribution >= 4 is 22.5 Å². The first-order valence-corrected chi connectivity index (χ1v) is 7.82. The Morgan fingerprint density at radius 3 is 2.58 bits per heavy atom. The summed E-state index contributed by atoms with van der Waals surface area (Å²) in [5, 5.41) is 2.99. The van der Waals surface area contributed by atoms with Crippen LogP contribution in [0.5, 0.6) is 11.5 Å². The van der Waals surface area contributed by atoms with Gasteiger partial charge in [0.05, 0.1) is 19.7 Å². The Bertz CT molecular complexity index is 1030. The Kier molecular flexibility index (Phi) is 4.88. The SMILES string of the molecule is COc1ccc(NC(=O)Cn2ccc(=O)c3cc(F)ccc32)cc1OC. The molecular formula is C19H17FN2O4. The zero-order chi connectivity index (χ0) is 18.7. The molecule has 0 saturated carbocycles. The van der Waals surface area contributed by atoms with Crippen molar-refractivity contribution in [1.29, 1.82) is 0 Å². The number of ether oxygens (including phenoxy) is 2. The van der Waals surface area contributed by atoms with Crippen LogP contribution in [0.2, 0.25) is 0 Å². The predicted molar refractivity (Wildman–Crippen MR) is 96.3 cm³/mol. The van der Waals surface area contributed by atoms with Gasteiger partial charge in [0.2, 0.25) is 5.91 Å². The molecule has 6 nitrogen and oxygen atoms in total. The van der Waals surface area contributed by atoms with Gasteiger partial charge in [-0.2, -0.15) is 0 Å². The maximum Gasteiger partial charge on any atom is 0.244 e. The van der Waals surface area contributed by atoms with E-state index in [4.69, 9.17) is 9.47 Å². The molecule has 0 unspecified atom stereocenters. The van der Waals surface area contributed by atoms with Gasteiger partial charge in [-0.15, -0.1) is 0 Å². The molecule has 0 bridgehead atoms. The summed E-state index contributed by atoms with van der Waals surface area (Å²) >= 11 is 0. The quantitative estimate of drug-likeness (QED) is 0.763. The molecule has 1 aromatic heterocycles. The van der Waals surface area contributed by atoms with Gasteiger partial charge in [0, 0.05) is 29.4 Å². The molecule has 1 heterocycles. The highest BCUT2D eigenvalue weighted by Gasteiger charge is 2.10. The summed E-state index contributed by atoms with van der Waals surface area (Å²) < 4.78 is 25.3. The Balaban J connectivity index is 1.84. The number of fused-ring (bicyclic) bond motifs is 1. The number of hydrogen-bond acceptors (Lipinski definition) is 4. The third-order valence-electron chi connectivity index (χ3n) is 3.92. The largest absolute Gasteiger partial charge is 0.493 e. The summed E-state index contributed by atoms with van der Waals surface area (Å²) in [6, 6.07) is 10.2. The maximum atomic E-state index is 13.4. The molecule has 0 radical (unpaired) electrons. The third-order valence-corrected chi connectivity index (χ3v) is 3.92. The molecule has 7 heteroatoms. The number of carbonyl (C=O) groups excluding carboxylic acids is 1. The molecule has 2 aromatic carbocycles.